The van der Waals surface area contributed by atoms with Crippen LogP contribution in [0.3, 0.4) is 0 Å². The summed E-state index contributed by atoms with van der Waals surface area (Å²) in [6.45, 7) is 2.96. The molecule has 86 valence electrons. The molecule has 1 rings (SSSR count). The Bertz CT molecular complexity index is 216. The molecule has 1 amide bonds. The largest absolute Gasteiger partial charge is 0.333 e. The highest BCUT2D eigenvalue weighted by atomic mass is 16.2. The summed E-state index contributed by atoms with van der Waals surface area (Å²) in [7, 11) is 0. The average molecular weight is 211 g/mol. The number of amides is 1. The lowest BCUT2D eigenvalue weighted by molar-refractivity contribution is -0.131. The molecular formula is C12H21NO2. The Labute approximate surface area is 91.8 Å². The van der Waals surface area contributed by atoms with Crippen LogP contribution < -0.4 is 0 Å². The van der Waals surface area contributed by atoms with E-state index >= 15 is 0 Å². The van der Waals surface area contributed by atoms with Gasteiger partial charge in [-0.1, -0.05) is 32.6 Å². The molecule has 1 fully saturated rings. The van der Waals surface area contributed by atoms with Crippen LogP contribution in [-0.2, 0) is 9.59 Å². The van der Waals surface area contributed by atoms with Gasteiger partial charge in [0.05, 0.1) is 6.04 Å². The van der Waals surface area contributed by atoms with Crippen LogP contribution in [-0.4, -0.2) is 29.7 Å². The molecule has 1 atom stereocenters. The fourth-order valence-electron chi connectivity index (χ4n) is 2.07. The van der Waals surface area contributed by atoms with Gasteiger partial charge in [0.15, 0.2) is 0 Å². The Hall–Kier alpha value is -0.860. The predicted octanol–water partition coefficient (Wildman–Crippen LogP) is 2.15. The van der Waals surface area contributed by atoms with Crippen LogP contribution in [0.25, 0.3) is 0 Å². The van der Waals surface area contributed by atoms with Gasteiger partial charge in [-0.25, -0.2) is 0 Å². The summed E-state index contributed by atoms with van der Waals surface area (Å²) in [6.07, 6.45) is 8.14. The third kappa shape index (κ3) is 3.65. The fourth-order valence-corrected chi connectivity index (χ4v) is 2.07. The normalized spacial score (nSPS) is 21.0. The first kappa shape index (κ1) is 12.2. The molecule has 1 aliphatic rings. The van der Waals surface area contributed by atoms with Crippen molar-refractivity contribution in [3.05, 3.63) is 0 Å². The van der Waals surface area contributed by atoms with E-state index in [1.165, 1.54) is 25.7 Å². The van der Waals surface area contributed by atoms with Crippen LogP contribution in [0.4, 0.5) is 0 Å². The first-order valence-corrected chi connectivity index (χ1v) is 6.04. The summed E-state index contributed by atoms with van der Waals surface area (Å²) < 4.78 is 0. The third-order valence-corrected chi connectivity index (χ3v) is 3.03. The van der Waals surface area contributed by atoms with Gasteiger partial charge in [-0.15, -0.1) is 0 Å². The Morgan fingerprint density at radius 3 is 2.73 bits per heavy atom. The summed E-state index contributed by atoms with van der Waals surface area (Å²) in [5.74, 6) is 0.155. The quantitative estimate of drug-likeness (QED) is 0.478. The summed E-state index contributed by atoms with van der Waals surface area (Å²) >= 11 is 0. The molecule has 0 radical (unpaired) electrons. The molecule has 0 N–H and O–H groups in total. The monoisotopic (exact) mass is 211 g/mol. The zero-order valence-electron chi connectivity index (χ0n) is 9.58. The molecule has 0 aliphatic carbocycles. The van der Waals surface area contributed by atoms with Gasteiger partial charge in [-0.05, 0) is 12.8 Å². The second kappa shape index (κ2) is 6.59. The van der Waals surface area contributed by atoms with E-state index in [0.717, 1.165) is 25.7 Å². The minimum absolute atomic E-state index is 0.135. The van der Waals surface area contributed by atoms with Crippen LogP contribution in [0.15, 0.2) is 0 Å². The molecule has 1 saturated heterocycles. The molecule has 0 unspecified atom stereocenters. The van der Waals surface area contributed by atoms with Crippen LogP contribution in [0, 0.1) is 0 Å². The number of hydrogen-bond donors (Lipinski definition) is 0. The molecule has 3 heteroatoms. The molecule has 0 aromatic heterocycles. The summed E-state index contributed by atoms with van der Waals surface area (Å²) in [5.41, 5.74) is 0. The van der Waals surface area contributed by atoms with Crippen molar-refractivity contribution in [3.63, 3.8) is 0 Å². The van der Waals surface area contributed by atoms with Crippen LogP contribution in [0.2, 0.25) is 0 Å². The van der Waals surface area contributed by atoms with Crippen LogP contribution in [0.1, 0.15) is 51.9 Å². The molecule has 0 bridgehead atoms. The van der Waals surface area contributed by atoms with Crippen LogP contribution >= 0.6 is 0 Å². The van der Waals surface area contributed by atoms with E-state index in [0.29, 0.717) is 6.42 Å². The van der Waals surface area contributed by atoms with Gasteiger partial charge in [0.2, 0.25) is 5.91 Å². The smallest absolute Gasteiger partial charge is 0.223 e. The Balaban J connectivity index is 2.18. The zero-order valence-corrected chi connectivity index (χ0v) is 9.58. The molecule has 1 aliphatic heterocycles. The maximum absolute atomic E-state index is 11.4. The fraction of sp³-hybridized carbons (Fsp3) is 0.833. The maximum Gasteiger partial charge on any atom is 0.223 e. The standard InChI is InChI=1S/C12H21NO2/c1-2-3-4-5-6-9-13-11(10-14)7-8-12(13)15/h10-11H,2-9H2,1H3/t11-/m0/s1. The van der Waals surface area contributed by atoms with E-state index in [2.05, 4.69) is 6.92 Å². The van der Waals surface area contributed by atoms with Gasteiger partial charge in [-0.3, -0.25) is 4.79 Å². The topological polar surface area (TPSA) is 37.4 Å². The van der Waals surface area contributed by atoms with Gasteiger partial charge >= 0.3 is 0 Å². The highest BCUT2D eigenvalue weighted by Gasteiger charge is 2.29. The molecular weight excluding hydrogens is 190 g/mol. The van der Waals surface area contributed by atoms with Gasteiger partial charge < -0.3 is 9.69 Å². The Kier molecular flexibility index (Phi) is 5.37. The van der Waals surface area contributed by atoms with E-state index in [1.54, 1.807) is 4.90 Å². The highest BCUT2D eigenvalue weighted by Crippen LogP contribution is 2.17. The van der Waals surface area contributed by atoms with Crippen molar-refractivity contribution in [1.82, 2.24) is 4.90 Å². The minimum atomic E-state index is -0.135. The number of hydrogen-bond acceptors (Lipinski definition) is 2. The van der Waals surface area contributed by atoms with Gasteiger partial charge in [0.25, 0.3) is 0 Å². The SMILES string of the molecule is CCCCCCCN1C(=O)CC[C@H]1C=O. The number of aldehydes is 1. The highest BCUT2D eigenvalue weighted by molar-refractivity contribution is 5.83. The third-order valence-electron chi connectivity index (χ3n) is 3.03. The van der Waals surface area contributed by atoms with Crippen molar-refractivity contribution in [2.24, 2.45) is 0 Å². The summed E-state index contributed by atoms with van der Waals surface area (Å²) in [5, 5.41) is 0. The molecule has 1 heterocycles. The van der Waals surface area contributed by atoms with E-state index in [4.69, 9.17) is 0 Å². The molecule has 0 saturated carbocycles. The van der Waals surface area contributed by atoms with Crippen molar-refractivity contribution in [2.75, 3.05) is 6.54 Å². The second-order valence-electron chi connectivity index (χ2n) is 4.24. The van der Waals surface area contributed by atoms with E-state index in [9.17, 15) is 9.59 Å². The molecule has 0 spiro atoms. The first-order valence-electron chi connectivity index (χ1n) is 6.04. The maximum atomic E-state index is 11.4. The Morgan fingerprint density at radius 1 is 1.33 bits per heavy atom. The Morgan fingerprint density at radius 2 is 2.07 bits per heavy atom. The van der Waals surface area contributed by atoms with Crippen molar-refractivity contribution < 1.29 is 9.59 Å². The molecule has 3 nitrogen and oxygen atoms in total. The lowest BCUT2D eigenvalue weighted by Crippen LogP contribution is -2.34. The number of unbranched alkanes of at least 4 members (excludes halogenated alkanes) is 4. The average Bonchev–Trinajstić information content (AvgIpc) is 2.60. The van der Waals surface area contributed by atoms with Gasteiger partial charge in [0, 0.05) is 13.0 Å². The number of likely N-dealkylation sites (tertiary alicyclic amines) is 1. The van der Waals surface area contributed by atoms with Crippen LogP contribution in [0.5, 0.6) is 0 Å². The van der Waals surface area contributed by atoms with Gasteiger partial charge in [0.1, 0.15) is 6.29 Å². The number of carbonyl (C=O) groups is 2. The van der Waals surface area contributed by atoms with Crippen molar-refractivity contribution >= 4 is 12.2 Å². The minimum Gasteiger partial charge on any atom is -0.333 e. The van der Waals surface area contributed by atoms with Gasteiger partial charge in [-0.2, -0.15) is 0 Å². The second-order valence-corrected chi connectivity index (χ2v) is 4.24. The number of carbonyl (C=O) groups excluding carboxylic acids is 2. The summed E-state index contributed by atoms with van der Waals surface area (Å²) in [6, 6.07) is -0.135. The molecule has 0 aromatic carbocycles. The molecule has 15 heavy (non-hydrogen) atoms. The first-order chi connectivity index (χ1) is 7.29. The summed E-state index contributed by atoms with van der Waals surface area (Å²) in [4.78, 5) is 23.9. The zero-order chi connectivity index (χ0) is 11.1. The van der Waals surface area contributed by atoms with Crippen molar-refractivity contribution in [3.8, 4) is 0 Å². The predicted molar refractivity (Wildman–Crippen MR) is 59.6 cm³/mol. The van der Waals surface area contributed by atoms with E-state index in [1.807, 2.05) is 0 Å². The van der Waals surface area contributed by atoms with E-state index < -0.39 is 0 Å². The number of rotatable bonds is 7. The molecule has 0 aromatic rings. The van der Waals surface area contributed by atoms with Crippen molar-refractivity contribution in [2.45, 2.75) is 57.9 Å². The number of nitrogens with zero attached hydrogens (tertiary/aromatic N) is 1. The lowest BCUT2D eigenvalue weighted by Gasteiger charge is -2.20. The van der Waals surface area contributed by atoms with E-state index in [-0.39, 0.29) is 11.9 Å². The lowest BCUT2D eigenvalue weighted by atomic mass is 10.1. The van der Waals surface area contributed by atoms with Crippen molar-refractivity contribution in [1.29, 1.82) is 0 Å².